The number of hydrogen-bond donors (Lipinski definition) is 1. The molecule has 1 aromatic carbocycles. The molecule has 18 heavy (non-hydrogen) atoms. The van der Waals surface area contributed by atoms with E-state index in [-0.39, 0.29) is 11.7 Å². The van der Waals surface area contributed by atoms with Gasteiger partial charge in [-0.25, -0.2) is 0 Å². The van der Waals surface area contributed by atoms with Gasteiger partial charge in [-0.2, -0.15) is 0 Å². The van der Waals surface area contributed by atoms with Crippen LogP contribution in [0, 0.1) is 22.5 Å². The topological polar surface area (TPSA) is 55.2 Å². The average molecular weight is 311 g/mol. The lowest BCUT2D eigenvalue weighted by molar-refractivity contribution is -0.385. The molecule has 1 N–H and O–H groups in total. The fourth-order valence-electron chi connectivity index (χ4n) is 1.61. The van der Waals surface area contributed by atoms with E-state index in [0.717, 1.165) is 18.4 Å². The molecule has 0 saturated heterocycles. The molecular weight excluding hydrogens is 296 g/mol. The zero-order chi connectivity index (χ0) is 13.5. The van der Waals surface area contributed by atoms with Crippen molar-refractivity contribution in [3.05, 3.63) is 38.3 Å². The molecule has 0 aliphatic carbocycles. The number of halogens is 1. The van der Waals surface area contributed by atoms with Gasteiger partial charge in [-0.3, -0.25) is 15.4 Å². The lowest BCUT2D eigenvalue weighted by Gasteiger charge is -2.12. The largest absolute Gasteiger partial charge is 0.300 e. The first kappa shape index (κ1) is 14.7. The van der Waals surface area contributed by atoms with Crippen LogP contribution in [0.2, 0.25) is 0 Å². The highest BCUT2D eigenvalue weighted by Crippen LogP contribution is 2.28. The van der Waals surface area contributed by atoms with Crippen molar-refractivity contribution in [3.63, 3.8) is 0 Å². The van der Waals surface area contributed by atoms with Crippen LogP contribution in [-0.2, 0) is 6.54 Å². The first-order chi connectivity index (χ1) is 8.60. The summed E-state index contributed by atoms with van der Waals surface area (Å²) < 4.78 is 0.509. The Morgan fingerprint density at radius 3 is 2.89 bits per heavy atom. The van der Waals surface area contributed by atoms with Crippen molar-refractivity contribution in [1.29, 1.82) is 0 Å². The summed E-state index contributed by atoms with van der Waals surface area (Å²) >= 11 is 3.26. The number of nitrogens with one attached hydrogen (secondary N) is 1. The molecule has 1 rings (SSSR count). The molecule has 1 atom stereocenters. The van der Waals surface area contributed by atoms with Crippen LogP contribution in [0.25, 0.3) is 0 Å². The van der Waals surface area contributed by atoms with E-state index < -0.39 is 4.92 Å². The second kappa shape index (κ2) is 7.14. The Morgan fingerprint density at radius 1 is 1.61 bits per heavy atom. The highest BCUT2D eigenvalue weighted by Gasteiger charge is 2.15. The van der Waals surface area contributed by atoms with Crippen LogP contribution in [0.4, 0.5) is 5.69 Å². The van der Waals surface area contributed by atoms with E-state index in [1.807, 2.05) is 6.07 Å². The van der Waals surface area contributed by atoms with Gasteiger partial charge in [-0.15, -0.1) is 6.42 Å². The number of hydrogen-bond acceptors (Lipinski definition) is 3. The van der Waals surface area contributed by atoms with E-state index >= 15 is 0 Å². The average Bonchev–Trinajstić information content (AvgIpc) is 2.35. The molecule has 1 unspecified atom stereocenters. The van der Waals surface area contributed by atoms with Gasteiger partial charge < -0.3 is 0 Å². The summed E-state index contributed by atoms with van der Waals surface area (Å²) in [5.74, 6) is 2.67. The Balaban J connectivity index is 2.77. The van der Waals surface area contributed by atoms with Crippen molar-refractivity contribution in [3.8, 4) is 12.3 Å². The normalized spacial score (nSPS) is 11.8. The van der Waals surface area contributed by atoms with Crippen molar-refractivity contribution < 1.29 is 4.92 Å². The van der Waals surface area contributed by atoms with Crippen LogP contribution >= 0.6 is 15.9 Å². The van der Waals surface area contributed by atoms with Gasteiger partial charge in [-0.05, 0) is 27.9 Å². The lowest BCUT2D eigenvalue weighted by Crippen LogP contribution is -2.26. The molecule has 0 aromatic heterocycles. The van der Waals surface area contributed by atoms with Crippen LogP contribution in [0.5, 0.6) is 0 Å². The van der Waals surface area contributed by atoms with E-state index in [0.29, 0.717) is 11.0 Å². The summed E-state index contributed by atoms with van der Waals surface area (Å²) in [6.07, 6.45) is 7.30. The maximum absolute atomic E-state index is 10.8. The lowest BCUT2D eigenvalue weighted by atomic mass is 10.1. The molecule has 0 saturated carbocycles. The van der Waals surface area contributed by atoms with Gasteiger partial charge in [0.05, 0.1) is 15.4 Å². The zero-order valence-corrected chi connectivity index (χ0v) is 11.7. The monoisotopic (exact) mass is 310 g/mol. The third-order valence-corrected chi connectivity index (χ3v) is 3.49. The fourth-order valence-corrected chi connectivity index (χ4v) is 2.16. The van der Waals surface area contributed by atoms with Crippen molar-refractivity contribution in [2.45, 2.75) is 32.4 Å². The Bertz CT molecular complexity index is 469. The molecule has 0 aliphatic heterocycles. The number of rotatable bonds is 6. The fraction of sp³-hybridized carbons (Fsp3) is 0.385. The van der Waals surface area contributed by atoms with E-state index in [2.05, 4.69) is 34.1 Å². The van der Waals surface area contributed by atoms with Crippen LogP contribution in [0.3, 0.4) is 0 Å². The maximum atomic E-state index is 10.8. The number of benzene rings is 1. The van der Waals surface area contributed by atoms with Gasteiger partial charge in [0.15, 0.2) is 0 Å². The molecule has 0 bridgehead atoms. The van der Waals surface area contributed by atoms with E-state index in [1.165, 1.54) is 6.07 Å². The summed E-state index contributed by atoms with van der Waals surface area (Å²) in [5.41, 5.74) is 0.905. The highest BCUT2D eigenvalue weighted by molar-refractivity contribution is 9.10. The van der Waals surface area contributed by atoms with Crippen molar-refractivity contribution >= 4 is 21.6 Å². The van der Waals surface area contributed by atoms with E-state index in [9.17, 15) is 10.1 Å². The second-order valence-electron chi connectivity index (χ2n) is 3.90. The Hall–Kier alpha value is -1.38. The molecule has 0 spiro atoms. The molecule has 0 amide bonds. The zero-order valence-electron chi connectivity index (χ0n) is 10.1. The predicted molar refractivity (Wildman–Crippen MR) is 75.2 cm³/mol. The summed E-state index contributed by atoms with van der Waals surface area (Å²) in [5, 5.41) is 14.0. The van der Waals surface area contributed by atoms with Gasteiger partial charge in [-0.1, -0.05) is 31.4 Å². The van der Waals surface area contributed by atoms with Gasteiger partial charge >= 0.3 is 0 Å². The Kier molecular flexibility index (Phi) is 5.83. The molecular formula is C13H15BrN2O2. The SMILES string of the molecule is C#CC(CCC)NCc1cccc([N+](=O)[O-])c1Br. The third-order valence-electron chi connectivity index (χ3n) is 2.57. The van der Waals surface area contributed by atoms with E-state index in [1.54, 1.807) is 6.07 Å². The van der Waals surface area contributed by atoms with Crippen LogP contribution in [0.15, 0.2) is 22.7 Å². The molecule has 0 fully saturated rings. The van der Waals surface area contributed by atoms with Crippen LogP contribution < -0.4 is 5.32 Å². The number of terminal acetylenes is 1. The standard InChI is InChI=1S/C13H15BrN2O2/c1-3-6-11(4-2)15-9-10-7-5-8-12(13(10)14)16(17)18/h2,5,7-8,11,15H,3,6,9H2,1H3. The van der Waals surface area contributed by atoms with Gasteiger partial charge in [0.25, 0.3) is 5.69 Å². The van der Waals surface area contributed by atoms with E-state index in [4.69, 9.17) is 6.42 Å². The van der Waals surface area contributed by atoms with Crippen molar-refractivity contribution in [2.24, 2.45) is 0 Å². The number of nitro benzene ring substituents is 1. The quantitative estimate of drug-likeness (QED) is 0.498. The minimum Gasteiger partial charge on any atom is -0.300 e. The third kappa shape index (κ3) is 3.83. The molecule has 5 heteroatoms. The van der Waals surface area contributed by atoms with Crippen LogP contribution in [-0.4, -0.2) is 11.0 Å². The first-order valence-corrected chi connectivity index (χ1v) is 6.50. The summed E-state index contributed by atoms with van der Waals surface area (Å²) in [7, 11) is 0. The minimum absolute atomic E-state index is 0.00108. The maximum Gasteiger partial charge on any atom is 0.283 e. The number of nitrogens with zero attached hydrogens (tertiary/aromatic N) is 1. The molecule has 0 aliphatic rings. The van der Waals surface area contributed by atoms with Crippen molar-refractivity contribution in [2.75, 3.05) is 0 Å². The van der Waals surface area contributed by atoms with Gasteiger partial charge in [0.2, 0.25) is 0 Å². The summed E-state index contributed by atoms with van der Waals surface area (Å²) in [6, 6.07) is 4.98. The molecule has 0 radical (unpaired) electrons. The van der Waals surface area contributed by atoms with Crippen molar-refractivity contribution in [1.82, 2.24) is 5.32 Å². The summed E-state index contributed by atoms with van der Waals surface area (Å²) in [6.45, 7) is 2.58. The Morgan fingerprint density at radius 2 is 2.33 bits per heavy atom. The van der Waals surface area contributed by atoms with Crippen LogP contribution in [0.1, 0.15) is 25.3 Å². The molecule has 1 aromatic rings. The first-order valence-electron chi connectivity index (χ1n) is 5.71. The second-order valence-corrected chi connectivity index (χ2v) is 4.69. The van der Waals surface area contributed by atoms with Gasteiger partial charge in [0.1, 0.15) is 0 Å². The molecule has 96 valence electrons. The number of nitro groups is 1. The predicted octanol–water partition coefficient (Wildman–Crippen LogP) is 3.25. The molecule has 0 heterocycles. The smallest absolute Gasteiger partial charge is 0.283 e. The Labute approximate surface area is 115 Å². The summed E-state index contributed by atoms with van der Waals surface area (Å²) in [4.78, 5) is 10.4. The van der Waals surface area contributed by atoms with Gasteiger partial charge in [0, 0.05) is 12.6 Å². The minimum atomic E-state index is -0.404. The molecule has 4 nitrogen and oxygen atoms in total. The highest BCUT2D eigenvalue weighted by atomic mass is 79.9.